The summed E-state index contributed by atoms with van der Waals surface area (Å²) < 4.78 is 5.62. The van der Waals surface area contributed by atoms with Crippen LogP contribution in [0.4, 0.5) is 5.69 Å². The molecule has 4 rings (SSSR count). The first-order valence-corrected chi connectivity index (χ1v) is 11.6. The maximum Gasteiger partial charge on any atom is 0.261 e. The van der Waals surface area contributed by atoms with Crippen molar-refractivity contribution in [2.45, 2.75) is 25.8 Å². The Kier molecular flexibility index (Phi) is 7.15. The Balaban J connectivity index is 1.62. The third-order valence-corrected chi connectivity index (χ3v) is 6.15. The fourth-order valence-corrected chi connectivity index (χ4v) is 4.43. The molecule has 7 heteroatoms. The minimum Gasteiger partial charge on any atom is -0.495 e. The molecule has 0 aliphatic carbocycles. The van der Waals surface area contributed by atoms with Gasteiger partial charge in [0.15, 0.2) is 0 Å². The summed E-state index contributed by atoms with van der Waals surface area (Å²) in [6.45, 7) is 6.09. The molecule has 0 fully saturated rings. The Morgan fingerprint density at radius 3 is 2.54 bits per heavy atom. The van der Waals surface area contributed by atoms with Crippen LogP contribution in [0.25, 0.3) is 10.8 Å². The fourth-order valence-electron chi connectivity index (χ4n) is 4.43. The van der Waals surface area contributed by atoms with Crippen molar-refractivity contribution < 1.29 is 19.1 Å². The predicted molar refractivity (Wildman–Crippen MR) is 137 cm³/mol. The molecule has 1 aliphatic heterocycles. The van der Waals surface area contributed by atoms with Crippen LogP contribution in [0.5, 0.6) is 5.75 Å². The van der Waals surface area contributed by atoms with Crippen LogP contribution in [0, 0.1) is 0 Å². The third kappa shape index (κ3) is 4.89. The lowest BCUT2D eigenvalue weighted by molar-refractivity contribution is -0.116. The number of hydrogen-bond donors (Lipinski definition) is 2. The Morgan fingerprint density at radius 1 is 1.09 bits per heavy atom. The number of imide groups is 1. The molecule has 3 aromatic rings. The zero-order chi connectivity index (χ0) is 24.9. The summed E-state index contributed by atoms with van der Waals surface area (Å²) >= 11 is 0. The molecule has 1 aliphatic rings. The molecule has 0 saturated heterocycles. The largest absolute Gasteiger partial charge is 0.495 e. The topological polar surface area (TPSA) is 87.7 Å². The van der Waals surface area contributed by atoms with Gasteiger partial charge in [-0.1, -0.05) is 49.0 Å². The van der Waals surface area contributed by atoms with Crippen molar-refractivity contribution in [3.8, 4) is 5.75 Å². The minimum atomic E-state index is -0.316. The number of nitrogens with zero attached hydrogens (tertiary/aromatic N) is 1. The number of ether oxygens (including phenoxy) is 1. The van der Waals surface area contributed by atoms with Crippen LogP contribution in [0.2, 0.25) is 0 Å². The average molecular weight is 472 g/mol. The standard InChI is InChI=1S/C28H29N3O4/c1-4-24(32)30-18(2)17-29-26-20-13-8-14-21-25(20)22(16-23(26)35-3)28(34)31(27(21)33)15-9-12-19-10-6-5-7-11-19/h4-8,10-11,13-14,16,18,29H,1,9,12,15,17H2,2-3H3,(H,30,32). The maximum atomic E-state index is 13.4. The van der Waals surface area contributed by atoms with Crippen molar-refractivity contribution in [1.29, 1.82) is 0 Å². The van der Waals surface area contributed by atoms with Crippen molar-refractivity contribution in [1.82, 2.24) is 10.2 Å². The van der Waals surface area contributed by atoms with Gasteiger partial charge in [-0.15, -0.1) is 0 Å². The van der Waals surface area contributed by atoms with Gasteiger partial charge in [-0.2, -0.15) is 0 Å². The lowest BCUT2D eigenvalue weighted by atomic mass is 9.92. The zero-order valence-corrected chi connectivity index (χ0v) is 20.0. The van der Waals surface area contributed by atoms with Crippen molar-refractivity contribution in [2.75, 3.05) is 25.5 Å². The molecule has 3 amide bonds. The van der Waals surface area contributed by atoms with Gasteiger partial charge in [-0.3, -0.25) is 19.3 Å². The van der Waals surface area contributed by atoms with Gasteiger partial charge < -0.3 is 15.4 Å². The molecular weight excluding hydrogens is 442 g/mol. The molecule has 3 aromatic carbocycles. The van der Waals surface area contributed by atoms with Crippen LogP contribution < -0.4 is 15.4 Å². The number of aryl methyl sites for hydroxylation is 1. The Labute approximate surface area is 204 Å². The van der Waals surface area contributed by atoms with Crippen molar-refractivity contribution in [3.63, 3.8) is 0 Å². The molecule has 1 unspecified atom stereocenters. The highest BCUT2D eigenvalue weighted by atomic mass is 16.5. The molecule has 1 heterocycles. The molecule has 0 aromatic heterocycles. The highest BCUT2D eigenvalue weighted by molar-refractivity contribution is 6.27. The van der Waals surface area contributed by atoms with E-state index in [0.29, 0.717) is 47.5 Å². The second-order valence-corrected chi connectivity index (χ2v) is 8.58. The second-order valence-electron chi connectivity index (χ2n) is 8.58. The van der Waals surface area contributed by atoms with Crippen molar-refractivity contribution >= 4 is 34.2 Å². The number of rotatable bonds is 10. The van der Waals surface area contributed by atoms with Gasteiger partial charge in [-0.05, 0) is 43.5 Å². The van der Waals surface area contributed by atoms with E-state index < -0.39 is 0 Å². The van der Waals surface area contributed by atoms with E-state index in [2.05, 4.69) is 17.2 Å². The van der Waals surface area contributed by atoms with Crippen LogP contribution in [0.15, 0.2) is 67.3 Å². The van der Waals surface area contributed by atoms with E-state index in [-0.39, 0.29) is 23.8 Å². The van der Waals surface area contributed by atoms with Crippen molar-refractivity contribution in [2.24, 2.45) is 0 Å². The Bertz CT molecular complexity index is 1290. The quantitative estimate of drug-likeness (QED) is 0.342. The summed E-state index contributed by atoms with van der Waals surface area (Å²) in [5.74, 6) is -0.363. The summed E-state index contributed by atoms with van der Waals surface area (Å²) in [6, 6.07) is 17.0. The number of amides is 3. The summed E-state index contributed by atoms with van der Waals surface area (Å²) in [5.41, 5.74) is 2.79. The van der Waals surface area contributed by atoms with Gasteiger partial charge in [0, 0.05) is 35.5 Å². The van der Waals surface area contributed by atoms with Gasteiger partial charge in [0.25, 0.3) is 11.8 Å². The van der Waals surface area contributed by atoms with Crippen molar-refractivity contribution in [3.05, 3.63) is 83.9 Å². The van der Waals surface area contributed by atoms with Crippen LogP contribution in [0.1, 0.15) is 39.6 Å². The molecule has 7 nitrogen and oxygen atoms in total. The van der Waals surface area contributed by atoms with Gasteiger partial charge in [0.2, 0.25) is 5.91 Å². The van der Waals surface area contributed by atoms with E-state index in [1.165, 1.54) is 16.5 Å². The van der Waals surface area contributed by atoms with Gasteiger partial charge in [0.1, 0.15) is 5.75 Å². The number of carbonyl (C=O) groups is 3. The monoisotopic (exact) mass is 471 g/mol. The maximum absolute atomic E-state index is 13.4. The smallest absolute Gasteiger partial charge is 0.261 e. The lowest BCUT2D eigenvalue weighted by Gasteiger charge is -2.29. The molecule has 0 saturated carbocycles. The molecule has 2 N–H and O–H groups in total. The van der Waals surface area contributed by atoms with E-state index in [1.807, 2.05) is 49.4 Å². The number of nitrogens with one attached hydrogen (secondary N) is 2. The molecule has 35 heavy (non-hydrogen) atoms. The molecule has 0 radical (unpaired) electrons. The summed E-state index contributed by atoms with van der Waals surface area (Å²) in [6.07, 6.45) is 2.68. The molecule has 180 valence electrons. The summed E-state index contributed by atoms with van der Waals surface area (Å²) in [5, 5.41) is 7.47. The van der Waals surface area contributed by atoms with E-state index in [1.54, 1.807) is 19.2 Å². The van der Waals surface area contributed by atoms with E-state index >= 15 is 0 Å². The van der Waals surface area contributed by atoms with E-state index in [4.69, 9.17) is 4.74 Å². The fraction of sp³-hybridized carbons (Fsp3) is 0.250. The minimum absolute atomic E-state index is 0.181. The third-order valence-electron chi connectivity index (χ3n) is 6.15. The summed E-state index contributed by atoms with van der Waals surface area (Å²) in [7, 11) is 1.54. The highest BCUT2D eigenvalue weighted by Crippen LogP contribution is 2.40. The lowest BCUT2D eigenvalue weighted by Crippen LogP contribution is -2.41. The predicted octanol–water partition coefficient (Wildman–Crippen LogP) is 4.18. The molecule has 1 atom stereocenters. The number of methoxy groups -OCH3 is 1. The first-order chi connectivity index (χ1) is 16.9. The number of hydrogen-bond acceptors (Lipinski definition) is 5. The second kappa shape index (κ2) is 10.4. The van der Waals surface area contributed by atoms with E-state index in [0.717, 1.165) is 11.8 Å². The van der Waals surface area contributed by atoms with Gasteiger partial charge in [-0.25, -0.2) is 0 Å². The first-order valence-electron chi connectivity index (χ1n) is 11.6. The number of anilines is 1. The average Bonchev–Trinajstić information content (AvgIpc) is 2.88. The normalized spacial score (nSPS) is 13.5. The molecule has 0 spiro atoms. The summed E-state index contributed by atoms with van der Waals surface area (Å²) in [4.78, 5) is 39.7. The SMILES string of the molecule is C=CC(=O)NC(C)CNc1c(OC)cc2c3c(cccc13)C(=O)N(CCCc1ccccc1)C2=O. The van der Waals surface area contributed by atoms with E-state index in [9.17, 15) is 14.4 Å². The molecule has 0 bridgehead atoms. The van der Waals surface area contributed by atoms with Gasteiger partial charge >= 0.3 is 0 Å². The van der Waals surface area contributed by atoms with Gasteiger partial charge in [0.05, 0.1) is 18.4 Å². The van der Waals surface area contributed by atoms with Crippen LogP contribution in [-0.4, -0.2) is 48.9 Å². The highest BCUT2D eigenvalue weighted by Gasteiger charge is 2.34. The first kappa shape index (κ1) is 24.0. The molecular formula is C28H29N3O4. The zero-order valence-electron chi connectivity index (χ0n) is 20.0. The number of carbonyl (C=O) groups excluding carboxylic acids is 3. The van der Waals surface area contributed by atoms with Crippen LogP contribution >= 0.6 is 0 Å². The number of benzene rings is 3. The van der Waals surface area contributed by atoms with Crippen LogP contribution in [0.3, 0.4) is 0 Å². The van der Waals surface area contributed by atoms with Crippen LogP contribution in [-0.2, 0) is 11.2 Å². The Morgan fingerprint density at radius 2 is 1.83 bits per heavy atom. The Hall–Kier alpha value is -4.13.